The molecule has 2 N–H and O–H groups in total. The molecular formula is C25H26N4O6S. The van der Waals surface area contributed by atoms with Crippen molar-refractivity contribution in [3.63, 3.8) is 0 Å². The number of aromatic nitrogens is 1. The summed E-state index contributed by atoms with van der Waals surface area (Å²) in [6.07, 6.45) is 3.23. The molecule has 0 bridgehead atoms. The lowest BCUT2D eigenvalue weighted by Crippen LogP contribution is -2.53. The number of carbonyl (C=O) groups excluding carboxylic acids is 2. The van der Waals surface area contributed by atoms with Crippen LogP contribution in [0.1, 0.15) is 51.5 Å². The number of para-hydroxylation sites is 2. The molecule has 0 spiro atoms. The third kappa shape index (κ3) is 6.16. The summed E-state index contributed by atoms with van der Waals surface area (Å²) in [6.45, 7) is 0.198. The number of amides is 2. The van der Waals surface area contributed by atoms with E-state index in [4.69, 9.17) is 9.47 Å². The van der Waals surface area contributed by atoms with E-state index in [2.05, 4.69) is 15.6 Å². The molecule has 1 heterocycles. The quantitative estimate of drug-likeness (QED) is 0.327. The smallest absolute Gasteiger partial charge is 0.271 e. The standard InChI is InChI=1S/C25H26N4O6S/c1-34-21-11-4-5-12-22(21)35-14-23-26-20(15-36-23)25(31)28-19-10-3-2-9-18(19)27-24(30)16-7-6-8-17(13-16)29(32)33/h4-8,11-13,15,18-19H,2-3,9-10,14H2,1H3,(H,27,30)(H,28,31)/t18-,19+/m0/s1. The molecule has 1 aliphatic rings. The van der Waals surface area contributed by atoms with E-state index in [1.54, 1.807) is 24.6 Å². The number of nitro benzene ring substituents is 1. The lowest BCUT2D eigenvalue weighted by atomic mass is 9.90. The zero-order valence-corrected chi connectivity index (χ0v) is 20.5. The van der Waals surface area contributed by atoms with Crippen LogP contribution in [0.3, 0.4) is 0 Å². The third-order valence-corrected chi connectivity index (χ3v) is 6.75. The Morgan fingerprint density at radius 1 is 1.06 bits per heavy atom. The van der Waals surface area contributed by atoms with Crippen molar-refractivity contribution in [3.05, 3.63) is 80.3 Å². The van der Waals surface area contributed by atoms with Gasteiger partial charge < -0.3 is 20.1 Å². The van der Waals surface area contributed by atoms with Crippen molar-refractivity contribution in [1.29, 1.82) is 0 Å². The Labute approximate surface area is 211 Å². The summed E-state index contributed by atoms with van der Waals surface area (Å²) < 4.78 is 11.1. The van der Waals surface area contributed by atoms with Gasteiger partial charge in [-0.05, 0) is 31.0 Å². The Kier molecular flexibility index (Phi) is 8.11. The predicted octanol–water partition coefficient (Wildman–Crippen LogP) is 4.11. The summed E-state index contributed by atoms with van der Waals surface area (Å²) in [7, 11) is 1.57. The number of hydrogen-bond acceptors (Lipinski definition) is 8. The lowest BCUT2D eigenvalue weighted by Gasteiger charge is -2.32. The van der Waals surface area contributed by atoms with Gasteiger partial charge in [0.1, 0.15) is 17.3 Å². The van der Waals surface area contributed by atoms with Gasteiger partial charge in [0.05, 0.1) is 12.0 Å². The molecule has 4 rings (SSSR count). The molecule has 3 aromatic rings. The van der Waals surface area contributed by atoms with E-state index in [9.17, 15) is 19.7 Å². The van der Waals surface area contributed by atoms with Crippen LogP contribution in [0.5, 0.6) is 11.5 Å². The highest BCUT2D eigenvalue weighted by Crippen LogP contribution is 2.27. The maximum atomic E-state index is 12.9. The minimum Gasteiger partial charge on any atom is -0.493 e. The number of rotatable bonds is 9. The van der Waals surface area contributed by atoms with Crippen LogP contribution < -0.4 is 20.1 Å². The summed E-state index contributed by atoms with van der Waals surface area (Å²) in [5.74, 6) is 0.471. The first kappa shape index (κ1) is 25.1. The second-order valence-electron chi connectivity index (χ2n) is 8.32. The van der Waals surface area contributed by atoms with Crippen LogP contribution >= 0.6 is 11.3 Å². The molecule has 2 atom stereocenters. The highest BCUT2D eigenvalue weighted by molar-refractivity contribution is 7.09. The van der Waals surface area contributed by atoms with Crippen molar-refractivity contribution in [2.24, 2.45) is 0 Å². The van der Waals surface area contributed by atoms with Crippen LogP contribution in [0.25, 0.3) is 0 Å². The van der Waals surface area contributed by atoms with Gasteiger partial charge in [0.15, 0.2) is 11.5 Å². The van der Waals surface area contributed by atoms with Crippen molar-refractivity contribution in [3.8, 4) is 11.5 Å². The molecule has 36 heavy (non-hydrogen) atoms. The molecule has 0 unspecified atom stereocenters. The number of hydrogen-bond donors (Lipinski definition) is 2. The SMILES string of the molecule is COc1ccccc1OCc1nc(C(=O)N[C@@H]2CCCC[C@@H]2NC(=O)c2cccc([N+](=O)[O-])c2)cs1. The largest absolute Gasteiger partial charge is 0.493 e. The molecule has 1 aromatic heterocycles. The fourth-order valence-corrected chi connectivity index (χ4v) is 4.78. The Hall–Kier alpha value is -3.99. The molecule has 2 amide bonds. The van der Waals surface area contributed by atoms with Gasteiger partial charge in [-0.3, -0.25) is 19.7 Å². The number of nitro groups is 1. The summed E-state index contributed by atoms with van der Waals surface area (Å²) in [4.78, 5) is 40.5. The van der Waals surface area contributed by atoms with Crippen LogP contribution in [0.15, 0.2) is 53.9 Å². The van der Waals surface area contributed by atoms with Gasteiger partial charge in [-0.1, -0.05) is 31.0 Å². The fourth-order valence-electron chi connectivity index (χ4n) is 4.09. The van der Waals surface area contributed by atoms with Gasteiger partial charge in [0, 0.05) is 35.2 Å². The number of benzene rings is 2. The van der Waals surface area contributed by atoms with Crippen LogP contribution in [0.2, 0.25) is 0 Å². The van der Waals surface area contributed by atoms with Crippen LogP contribution in [-0.4, -0.2) is 40.9 Å². The minimum atomic E-state index is -0.538. The molecule has 188 valence electrons. The second kappa shape index (κ2) is 11.6. The molecule has 11 heteroatoms. The summed E-state index contributed by atoms with van der Waals surface area (Å²) >= 11 is 1.32. The third-order valence-electron chi connectivity index (χ3n) is 5.92. The van der Waals surface area contributed by atoms with E-state index < -0.39 is 10.8 Å². The van der Waals surface area contributed by atoms with Crippen molar-refractivity contribution >= 4 is 28.8 Å². The van der Waals surface area contributed by atoms with E-state index in [-0.39, 0.29) is 41.5 Å². The fraction of sp³-hybridized carbons (Fsp3) is 0.320. The number of non-ortho nitro benzene ring substituents is 1. The highest BCUT2D eigenvalue weighted by atomic mass is 32.1. The first-order chi connectivity index (χ1) is 17.4. The van der Waals surface area contributed by atoms with Crippen molar-refractivity contribution < 1.29 is 24.0 Å². The van der Waals surface area contributed by atoms with Gasteiger partial charge in [0.2, 0.25) is 0 Å². The number of nitrogens with one attached hydrogen (secondary N) is 2. The molecule has 0 radical (unpaired) electrons. The average Bonchev–Trinajstić information content (AvgIpc) is 3.38. The van der Waals surface area contributed by atoms with Gasteiger partial charge in [0.25, 0.3) is 17.5 Å². The number of nitrogens with zero attached hydrogens (tertiary/aromatic N) is 2. The monoisotopic (exact) mass is 510 g/mol. The van der Waals surface area contributed by atoms with Crippen molar-refractivity contribution in [1.82, 2.24) is 15.6 Å². The maximum Gasteiger partial charge on any atom is 0.271 e. The molecule has 1 saturated carbocycles. The predicted molar refractivity (Wildman–Crippen MR) is 134 cm³/mol. The van der Waals surface area contributed by atoms with Gasteiger partial charge in [-0.25, -0.2) is 4.98 Å². The zero-order chi connectivity index (χ0) is 25.5. The Balaban J connectivity index is 1.36. The minimum absolute atomic E-state index is 0.148. The van der Waals surface area contributed by atoms with Gasteiger partial charge >= 0.3 is 0 Å². The number of carbonyl (C=O) groups is 2. The molecule has 1 fully saturated rings. The van der Waals surface area contributed by atoms with E-state index in [0.717, 1.165) is 12.8 Å². The molecule has 1 aliphatic carbocycles. The number of ether oxygens (including phenoxy) is 2. The average molecular weight is 511 g/mol. The van der Waals surface area contributed by atoms with E-state index >= 15 is 0 Å². The molecule has 2 aromatic carbocycles. The number of thiazole rings is 1. The first-order valence-corrected chi connectivity index (χ1v) is 12.4. The normalized spacial score (nSPS) is 17.1. The van der Waals surface area contributed by atoms with Crippen LogP contribution in [-0.2, 0) is 6.61 Å². The van der Waals surface area contributed by atoms with Crippen LogP contribution in [0, 0.1) is 10.1 Å². The lowest BCUT2D eigenvalue weighted by molar-refractivity contribution is -0.384. The topological polar surface area (TPSA) is 133 Å². The molecule has 10 nitrogen and oxygen atoms in total. The Morgan fingerprint density at radius 2 is 1.75 bits per heavy atom. The molecule has 0 saturated heterocycles. The number of methoxy groups -OCH3 is 1. The molecule has 0 aliphatic heterocycles. The summed E-state index contributed by atoms with van der Waals surface area (Å²) in [5, 5.41) is 19.3. The maximum absolute atomic E-state index is 12.9. The van der Waals surface area contributed by atoms with Crippen molar-refractivity contribution in [2.75, 3.05) is 7.11 Å². The Bertz CT molecular complexity index is 1250. The molecular weight excluding hydrogens is 484 g/mol. The zero-order valence-electron chi connectivity index (χ0n) is 19.6. The summed E-state index contributed by atoms with van der Waals surface area (Å²) in [6, 6.07) is 12.3. The van der Waals surface area contributed by atoms with Gasteiger partial charge in [-0.2, -0.15) is 0 Å². The van der Waals surface area contributed by atoms with Crippen LogP contribution in [0.4, 0.5) is 5.69 Å². The van der Waals surface area contributed by atoms with Crippen molar-refractivity contribution in [2.45, 2.75) is 44.4 Å². The highest BCUT2D eigenvalue weighted by Gasteiger charge is 2.29. The second-order valence-corrected chi connectivity index (χ2v) is 9.26. The Morgan fingerprint density at radius 3 is 2.44 bits per heavy atom. The summed E-state index contributed by atoms with van der Waals surface area (Å²) in [5.41, 5.74) is 0.345. The van der Waals surface area contributed by atoms with E-state index in [1.165, 1.54) is 35.6 Å². The first-order valence-electron chi connectivity index (χ1n) is 11.5. The van der Waals surface area contributed by atoms with E-state index in [0.29, 0.717) is 29.3 Å². The van der Waals surface area contributed by atoms with Gasteiger partial charge in [-0.15, -0.1) is 11.3 Å². The van der Waals surface area contributed by atoms with E-state index in [1.807, 2.05) is 12.1 Å².